The number of benzene rings is 1. The second kappa shape index (κ2) is 9.78. The number of nitrogens with zero attached hydrogens (tertiary/aromatic N) is 1. The largest absolute Gasteiger partial charge is 0.469 e. The number of esters is 1. The number of fused-ring (bicyclic) bond motifs is 1. The fourth-order valence-electron chi connectivity index (χ4n) is 4.37. The Kier molecular flexibility index (Phi) is 7.32. The molecule has 3 rings (SSSR count). The first-order chi connectivity index (χ1) is 16.7. The molecule has 1 aromatic carbocycles. The monoisotopic (exact) mass is 485 g/mol. The lowest BCUT2D eigenvalue weighted by molar-refractivity contribution is -0.150. The molecule has 188 valence electrons. The lowest BCUT2D eigenvalue weighted by Crippen LogP contribution is -2.30. The van der Waals surface area contributed by atoms with Crippen LogP contribution in [0.5, 0.6) is 0 Å². The zero-order valence-electron chi connectivity index (χ0n) is 22.5. The molecule has 36 heavy (non-hydrogen) atoms. The Morgan fingerprint density at radius 2 is 1.64 bits per heavy atom. The van der Waals surface area contributed by atoms with E-state index >= 15 is 0 Å². The molecule has 0 unspecified atom stereocenters. The van der Waals surface area contributed by atoms with Crippen molar-refractivity contribution >= 4 is 23.1 Å². The van der Waals surface area contributed by atoms with E-state index in [2.05, 4.69) is 19.8 Å². The molecule has 0 spiro atoms. The van der Waals surface area contributed by atoms with Crippen molar-refractivity contribution in [2.45, 2.75) is 60.8 Å². The summed E-state index contributed by atoms with van der Waals surface area (Å²) in [4.78, 5) is 40.6. The molecule has 0 atom stereocenters. The summed E-state index contributed by atoms with van der Waals surface area (Å²) >= 11 is 0. The summed E-state index contributed by atoms with van der Waals surface area (Å²) in [6.07, 6.45) is 7.51. The first-order valence-corrected chi connectivity index (χ1v) is 12.1. The number of Topliss-reactive ketones (excluding diaryl/α,β-unsaturated/α-hetero) is 1. The number of methoxy groups -OCH3 is 1. The maximum absolute atomic E-state index is 14.0. The zero-order chi connectivity index (χ0) is 27.0. The summed E-state index contributed by atoms with van der Waals surface area (Å²) < 4.78 is 6.85. The van der Waals surface area contributed by atoms with E-state index in [0.29, 0.717) is 33.5 Å². The van der Waals surface area contributed by atoms with Gasteiger partial charge in [-0.1, -0.05) is 40.5 Å². The topological polar surface area (TPSA) is 64.9 Å². The van der Waals surface area contributed by atoms with E-state index in [1.807, 2.05) is 39.1 Å². The van der Waals surface area contributed by atoms with Gasteiger partial charge in [0.05, 0.1) is 23.7 Å². The van der Waals surface area contributed by atoms with Crippen LogP contribution in [0.15, 0.2) is 42.6 Å². The Hall–Kier alpha value is -3.65. The molecular weight excluding hydrogens is 450 g/mol. The summed E-state index contributed by atoms with van der Waals surface area (Å²) in [7, 11) is 1.34. The molecule has 2 heterocycles. The van der Waals surface area contributed by atoms with Gasteiger partial charge in [-0.05, 0) is 73.7 Å². The second-order valence-electron chi connectivity index (χ2n) is 11.3. The maximum atomic E-state index is 14.0. The first kappa shape index (κ1) is 26.9. The van der Waals surface area contributed by atoms with Crippen molar-refractivity contribution in [1.82, 2.24) is 4.40 Å². The van der Waals surface area contributed by atoms with Gasteiger partial charge in [0.1, 0.15) is 0 Å². The number of ketones is 2. The van der Waals surface area contributed by atoms with Crippen molar-refractivity contribution in [2.75, 3.05) is 7.11 Å². The molecule has 0 aliphatic carbocycles. The first-order valence-electron chi connectivity index (χ1n) is 12.1. The average Bonchev–Trinajstić information content (AvgIpc) is 3.13. The SMILES string of the molecule is C#Cc1ccc(C(=O)c2c(CC(C)(C)C(=O)OC)c(C(=O)C(C)(C)C)c3cc(C(C)C)ccn23)cc1. The van der Waals surface area contributed by atoms with Gasteiger partial charge < -0.3 is 9.14 Å². The minimum absolute atomic E-state index is 0.0849. The molecule has 0 amide bonds. The van der Waals surface area contributed by atoms with Gasteiger partial charge in [0, 0.05) is 28.3 Å². The van der Waals surface area contributed by atoms with Crippen LogP contribution in [0.4, 0.5) is 0 Å². The summed E-state index contributed by atoms with van der Waals surface area (Å²) in [6, 6.07) is 10.8. The van der Waals surface area contributed by atoms with Gasteiger partial charge in [-0.2, -0.15) is 0 Å². The third kappa shape index (κ3) is 4.99. The number of carbonyl (C=O) groups is 3. The predicted molar refractivity (Wildman–Crippen MR) is 143 cm³/mol. The highest BCUT2D eigenvalue weighted by Gasteiger charge is 2.38. The summed E-state index contributed by atoms with van der Waals surface area (Å²) in [5.74, 6) is 2.06. The number of hydrogen-bond acceptors (Lipinski definition) is 4. The van der Waals surface area contributed by atoms with E-state index < -0.39 is 16.8 Å². The second-order valence-corrected chi connectivity index (χ2v) is 11.3. The molecule has 5 heteroatoms. The zero-order valence-corrected chi connectivity index (χ0v) is 22.5. The molecule has 3 aromatic rings. The highest BCUT2D eigenvalue weighted by atomic mass is 16.5. The van der Waals surface area contributed by atoms with Crippen LogP contribution in [-0.2, 0) is 16.0 Å². The van der Waals surface area contributed by atoms with E-state index in [-0.39, 0.29) is 23.9 Å². The summed E-state index contributed by atoms with van der Waals surface area (Å²) in [5, 5.41) is 0. The smallest absolute Gasteiger partial charge is 0.311 e. The number of ether oxygens (including phenoxy) is 1. The molecular formula is C31H35NO4. The van der Waals surface area contributed by atoms with Crippen molar-refractivity contribution in [1.29, 1.82) is 0 Å². The third-order valence-electron chi connectivity index (χ3n) is 6.52. The van der Waals surface area contributed by atoms with Crippen LogP contribution in [0.1, 0.15) is 97.5 Å². The quantitative estimate of drug-likeness (QED) is 0.226. The molecule has 2 aromatic heterocycles. The Balaban J connectivity index is 2.43. The number of aromatic nitrogens is 1. The van der Waals surface area contributed by atoms with Gasteiger partial charge in [-0.25, -0.2) is 0 Å². The van der Waals surface area contributed by atoms with Gasteiger partial charge in [0.15, 0.2) is 5.78 Å². The van der Waals surface area contributed by atoms with Crippen molar-refractivity contribution < 1.29 is 19.1 Å². The van der Waals surface area contributed by atoms with Gasteiger partial charge in [-0.15, -0.1) is 6.42 Å². The van der Waals surface area contributed by atoms with Crippen LogP contribution in [0.25, 0.3) is 5.52 Å². The Morgan fingerprint density at radius 3 is 2.14 bits per heavy atom. The highest BCUT2D eigenvalue weighted by Crippen LogP contribution is 2.37. The van der Waals surface area contributed by atoms with Gasteiger partial charge in [0.2, 0.25) is 5.78 Å². The molecule has 0 saturated carbocycles. The minimum Gasteiger partial charge on any atom is -0.469 e. The lowest BCUT2D eigenvalue weighted by Gasteiger charge is -2.24. The van der Waals surface area contributed by atoms with Crippen molar-refractivity contribution in [2.24, 2.45) is 10.8 Å². The van der Waals surface area contributed by atoms with Gasteiger partial charge in [0.25, 0.3) is 0 Å². The van der Waals surface area contributed by atoms with Crippen LogP contribution in [0.2, 0.25) is 0 Å². The number of carbonyl (C=O) groups excluding carboxylic acids is 3. The lowest BCUT2D eigenvalue weighted by atomic mass is 9.79. The van der Waals surface area contributed by atoms with E-state index in [0.717, 1.165) is 5.56 Å². The molecule has 0 aliphatic rings. The molecule has 0 radical (unpaired) electrons. The molecule has 0 fully saturated rings. The Morgan fingerprint density at radius 1 is 1.03 bits per heavy atom. The highest BCUT2D eigenvalue weighted by molar-refractivity contribution is 6.15. The normalized spacial score (nSPS) is 12.0. The van der Waals surface area contributed by atoms with E-state index in [9.17, 15) is 14.4 Å². The van der Waals surface area contributed by atoms with Gasteiger partial charge >= 0.3 is 5.97 Å². The number of terminal acetylenes is 1. The van der Waals surface area contributed by atoms with Crippen molar-refractivity contribution in [3.05, 3.63) is 76.1 Å². The standard InChI is InChI=1S/C31H35NO4/c1-10-20-11-13-21(14-12-20)27(33)26-23(18-31(7,8)29(35)36-9)25(28(34)30(4,5)6)24-17-22(19(2)3)15-16-32(24)26/h1,11-17,19H,18H2,2-9H3. The van der Waals surface area contributed by atoms with Crippen LogP contribution >= 0.6 is 0 Å². The molecule has 0 saturated heterocycles. The number of hydrogen-bond donors (Lipinski definition) is 0. The molecule has 0 N–H and O–H groups in total. The fourth-order valence-corrected chi connectivity index (χ4v) is 4.37. The number of pyridine rings is 1. The van der Waals surface area contributed by atoms with E-state index in [1.165, 1.54) is 7.11 Å². The Bertz CT molecular complexity index is 1370. The third-order valence-corrected chi connectivity index (χ3v) is 6.52. The van der Waals surface area contributed by atoms with Crippen LogP contribution in [0, 0.1) is 23.2 Å². The van der Waals surface area contributed by atoms with Crippen LogP contribution in [-0.4, -0.2) is 29.0 Å². The van der Waals surface area contributed by atoms with Crippen LogP contribution in [0.3, 0.4) is 0 Å². The van der Waals surface area contributed by atoms with Crippen molar-refractivity contribution in [3.63, 3.8) is 0 Å². The Labute approximate surface area is 213 Å². The number of rotatable bonds is 7. The minimum atomic E-state index is -0.962. The maximum Gasteiger partial charge on any atom is 0.311 e. The van der Waals surface area contributed by atoms with Gasteiger partial charge in [-0.3, -0.25) is 14.4 Å². The summed E-state index contributed by atoms with van der Waals surface area (Å²) in [6.45, 7) is 13.3. The summed E-state index contributed by atoms with van der Waals surface area (Å²) in [5.41, 5.74) is 2.59. The molecule has 0 aliphatic heterocycles. The molecule has 5 nitrogen and oxygen atoms in total. The average molecular weight is 486 g/mol. The van der Waals surface area contributed by atoms with Crippen LogP contribution < -0.4 is 0 Å². The molecule has 0 bridgehead atoms. The van der Waals surface area contributed by atoms with E-state index in [4.69, 9.17) is 11.2 Å². The van der Waals surface area contributed by atoms with E-state index in [1.54, 1.807) is 42.5 Å². The predicted octanol–water partition coefficient (Wildman–Crippen LogP) is 6.25. The fraction of sp³-hybridized carbons (Fsp3) is 0.387. The van der Waals surface area contributed by atoms with Crippen molar-refractivity contribution in [3.8, 4) is 12.3 Å².